The highest BCUT2D eigenvalue weighted by atomic mass is 16.2. The molecule has 1 atom stereocenters. The van der Waals surface area contributed by atoms with E-state index in [0.717, 1.165) is 62.4 Å². The molecule has 4 heterocycles. The van der Waals surface area contributed by atoms with Gasteiger partial charge in [-0.2, -0.15) is 0 Å². The number of fused-ring (bicyclic) bond motifs is 1. The highest BCUT2D eigenvalue weighted by molar-refractivity contribution is 6.23. The van der Waals surface area contributed by atoms with Gasteiger partial charge in [0.05, 0.1) is 11.1 Å². The number of carbonyl (C=O) groups is 5. The van der Waals surface area contributed by atoms with Gasteiger partial charge in [-0.1, -0.05) is 0 Å². The third-order valence-corrected chi connectivity index (χ3v) is 7.09. The number of carbonyl (C=O) groups excluding carboxylic acids is 5. The molecule has 0 radical (unpaired) electrons. The lowest BCUT2D eigenvalue weighted by Crippen LogP contribution is -2.54. The van der Waals surface area contributed by atoms with Crippen LogP contribution in [-0.4, -0.2) is 78.5 Å². The summed E-state index contributed by atoms with van der Waals surface area (Å²) in [5, 5.41) is 2.21. The first kappa shape index (κ1) is 20.8. The average molecular weight is 438 g/mol. The Balaban J connectivity index is 1.22. The molecule has 1 unspecified atom stereocenters. The van der Waals surface area contributed by atoms with Crippen LogP contribution in [0.5, 0.6) is 0 Å². The molecular weight excluding hydrogens is 412 g/mol. The summed E-state index contributed by atoms with van der Waals surface area (Å²) in [5.74, 6) is -1.20. The van der Waals surface area contributed by atoms with Gasteiger partial charge in [-0.05, 0) is 50.6 Å². The normalized spacial score (nSPS) is 25.1. The molecule has 5 rings (SSSR count). The molecule has 168 valence electrons. The van der Waals surface area contributed by atoms with Crippen LogP contribution >= 0.6 is 0 Å². The summed E-state index contributed by atoms with van der Waals surface area (Å²) >= 11 is 0. The number of nitrogens with zero attached hydrogens (tertiary/aromatic N) is 3. The van der Waals surface area contributed by atoms with Gasteiger partial charge in [0, 0.05) is 43.6 Å². The van der Waals surface area contributed by atoms with Gasteiger partial charge in [-0.15, -0.1) is 0 Å². The quantitative estimate of drug-likeness (QED) is 0.525. The summed E-state index contributed by atoms with van der Waals surface area (Å²) in [5.41, 5.74) is 1.51. The third-order valence-electron chi connectivity index (χ3n) is 7.09. The minimum absolute atomic E-state index is 0.108. The minimum atomic E-state index is -0.944. The SMILES string of the molecule is O=CC1CCN(CC2CN(c3ccc4c(c3)C(=O)N(C3CCC(=O)NC3=O)C4=O)C2)CC1. The fourth-order valence-corrected chi connectivity index (χ4v) is 5.19. The van der Waals surface area contributed by atoms with E-state index in [0.29, 0.717) is 17.0 Å². The minimum Gasteiger partial charge on any atom is -0.371 e. The molecule has 0 aliphatic carbocycles. The number of aldehydes is 1. The Labute approximate surface area is 185 Å². The molecule has 32 heavy (non-hydrogen) atoms. The fourth-order valence-electron chi connectivity index (χ4n) is 5.19. The van der Waals surface area contributed by atoms with Crippen LogP contribution in [0, 0.1) is 11.8 Å². The topological polar surface area (TPSA) is 107 Å². The predicted octanol–water partition coefficient (Wildman–Crippen LogP) is 0.435. The van der Waals surface area contributed by atoms with Gasteiger partial charge < -0.3 is 14.6 Å². The van der Waals surface area contributed by atoms with Crippen molar-refractivity contribution < 1.29 is 24.0 Å². The van der Waals surface area contributed by atoms with Crippen molar-refractivity contribution in [3.63, 3.8) is 0 Å². The largest absolute Gasteiger partial charge is 0.371 e. The van der Waals surface area contributed by atoms with Gasteiger partial charge in [0.2, 0.25) is 11.8 Å². The Morgan fingerprint density at radius 1 is 0.969 bits per heavy atom. The van der Waals surface area contributed by atoms with Crippen molar-refractivity contribution in [2.45, 2.75) is 31.7 Å². The Morgan fingerprint density at radius 2 is 1.69 bits per heavy atom. The monoisotopic (exact) mass is 438 g/mol. The van der Waals surface area contributed by atoms with Crippen LogP contribution in [0.15, 0.2) is 18.2 Å². The summed E-state index contributed by atoms with van der Waals surface area (Å²) in [7, 11) is 0. The first-order valence-corrected chi connectivity index (χ1v) is 11.2. The Hall–Kier alpha value is -3.07. The zero-order valence-corrected chi connectivity index (χ0v) is 17.8. The van der Waals surface area contributed by atoms with Crippen molar-refractivity contribution in [3.05, 3.63) is 29.3 Å². The van der Waals surface area contributed by atoms with Crippen LogP contribution in [0.3, 0.4) is 0 Å². The average Bonchev–Trinajstić information content (AvgIpc) is 3.01. The van der Waals surface area contributed by atoms with Gasteiger partial charge in [-0.3, -0.25) is 29.4 Å². The Bertz CT molecular complexity index is 994. The van der Waals surface area contributed by atoms with Crippen LogP contribution in [0.25, 0.3) is 0 Å². The summed E-state index contributed by atoms with van der Waals surface area (Å²) in [4.78, 5) is 65.9. The first-order chi connectivity index (χ1) is 15.4. The molecule has 0 aromatic heterocycles. The predicted molar refractivity (Wildman–Crippen MR) is 114 cm³/mol. The number of rotatable bonds is 5. The van der Waals surface area contributed by atoms with Crippen molar-refractivity contribution in [3.8, 4) is 0 Å². The van der Waals surface area contributed by atoms with E-state index in [9.17, 15) is 24.0 Å². The number of benzene rings is 1. The zero-order chi connectivity index (χ0) is 22.4. The van der Waals surface area contributed by atoms with Crippen LogP contribution < -0.4 is 10.2 Å². The van der Waals surface area contributed by atoms with Gasteiger partial charge in [0.1, 0.15) is 12.3 Å². The molecule has 1 N–H and O–H groups in total. The number of likely N-dealkylation sites (tertiary alicyclic amines) is 1. The van der Waals surface area contributed by atoms with E-state index in [4.69, 9.17) is 0 Å². The lowest BCUT2D eigenvalue weighted by molar-refractivity contribution is -0.136. The van der Waals surface area contributed by atoms with E-state index in [-0.39, 0.29) is 24.7 Å². The molecule has 1 aromatic rings. The smallest absolute Gasteiger partial charge is 0.262 e. The molecule has 0 bridgehead atoms. The standard InChI is InChI=1S/C23H26N4O5/c28-13-14-5-7-25(8-6-14)10-15-11-26(12-15)16-1-2-17-18(9-16)23(32)27(22(17)31)19-3-4-20(29)24-21(19)30/h1-2,9,13-15,19H,3-8,10-12H2,(H,24,29,30). The number of amides is 4. The molecule has 3 saturated heterocycles. The number of hydrogen-bond donors (Lipinski definition) is 1. The second-order valence-electron chi connectivity index (χ2n) is 9.22. The van der Waals surface area contributed by atoms with Crippen LogP contribution in [0.1, 0.15) is 46.4 Å². The maximum absolute atomic E-state index is 13.0. The van der Waals surface area contributed by atoms with Gasteiger partial charge in [0.25, 0.3) is 11.8 Å². The maximum Gasteiger partial charge on any atom is 0.262 e. The van der Waals surface area contributed by atoms with E-state index in [2.05, 4.69) is 15.1 Å². The lowest BCUT2D eigenvalue weighted by atomic mass is 9.94. The molecule has 4 amide bonds. The second kappa shape index (κ2) is 8.12. The van der Waals surface area contributed by atoms with Crippen LogP contribution in [-0.2, 0) is 14.4 Å². The number of piperidine rings is 2. The molecule has 0 spiro atoms. The molecule has 9 nitrogen and oxygen atoms in total. The molecule has 4 aliphatic rings. The maximum atomic E-state index is 13.0. The molecule has 1 aromatic carbocycles. The van der Waals surface area contributed by atoms with Gasteiger partial charge >= 0.3 is 0 Å². The molecule has 9 heteroatoms. The number of hydrogen-bond acceptors (Lipinski definition) is 7. The summed E-state index contributed by atoms with van der Waals surface area (Å²) < 4.78 is 0. The van der Waals surface area contributed by atoms with Gasteiger partial charge in [-0.25, -0.2) is 0 Å². The molecule has 4 aliphatic heterocycles. The van der Waals surface area contributed by atoms with Crippen LogP contribution in [0.2, 0.25) is 0 Å². The molecule has 3 fully saturated rings. The highest BCUT2D eigenvalue weighted by Crippen LogP contribution is 2.33. The van der Waals surface area contributed by atoms with E-state index in [1.807, 2.05) is 6.07 Å². The van der Waals surface area contributed by atoms with E-state index in [1.54, 1.807) is 12.1 Å². The first-order valence-electron chi connectivity index (χ1n) is 11.2. The summed E-state index contributed by atoms with van der Waals surface area (Å²) in [6.07, 6.45) is 3.21. The summed E-state index contributed by atoms with van der Waals surface area (Å²) in [6.45, 7) is 4.70. The third kappa shape index (κ3) is 3.60. The van der Waals surface area contributed by atoms with Crippen molar-refractivity contribution in [2.75, 3.05) is 37.6 Å². The van der Waals surface area contributed by atoms with Crippen molar-refractivity contribution in [1.82, 2.24) is 15.1 Å². The lowest BCUT2D eigenvalue weighted by Gasteiger charge is -2.44. The van der Waals surface area contributed by atoms with Crippen molar-refractivity contribution in [2.24, 2.45) is 11.8 Å². The zero-order valence-electron chi connectivity index (χ0n) is 17.8. The van der Waals surface area contributed by atoms with Crippen molar-refractivity contribution >= 4 is 35.6 Å². The van der Waals surface area contributed by atoms with Gasteiger partial charge in [0.15, 0.2) is 0 Å². The highest BCUT2D eigenvalue weighted by Gasteiger charge is 2.45. The molecular formula is C23H26N4O5. The van der Waals surface area contributed by atoms with Crippen molar-refractivity contribution in [1.29, 1.82) is 0 Å². The van der Waals surface area contributed by atoms with E-state index in [1.165, 1.54) is 0 Å². The fraction of sp³-hybridized carbons (Fsp3) is 0.522. The summed E-state index contributed by atoms with van der Waals surface area (Å²) in [6, 6.07) is 4.31. The van der Waals surface area contributed by atoms with Crippen LogP contribution in [0.4, 0.5) is 5.69 Å². The second-order valence-corrected chi connectivity index (χ2v) is 9.22. The van der Waals surface area contributed by atoms with E-state index >= 15 is 0 Å². The Kier molecular flexibility index (Phi) is 5.28. The molecule has 0 saturated carbocycles. The number of anilines is 1. The Morgan fingerprint density at radius 3 is 2.38 bits per heavy atom. The number of nitrogens with one attached hydrogen (secondary N) is 1. The number of imide groups is 2. The van der Waals surface area contributed by atoms with E-state index < -0.39 is 23.8 Å².